The lowest BCUT2D eigenvalue weighted by Crippen LogP contribution is -2.50. The number of piperazine rings is 1. The highest BCUT2D eigenvalue weighted by atomic mass is 32.2. The average molecular weight is 297 g/mol. The molecule has 1 aliphatic rings. The highest BCUT2D eigenvalue weighted by Crippen LogP contribution is 2.22. The summed E-state index contributed by atoms with van der Waals surface area (Å²) < 4.78 is 24.6. The number of hydrogen-bond donors (Lipinski definition) is 1. The summed E-state index contributed by atoms with van der Waals surface area (Å²) in [6, 6.07) is 8.52. The number of rotatable bonds is 4. The van der Waals surface area contributed by atoms with E-state index in [2.05, 4.69) is 30.0 Å². The van der Waals surface area contributed by atoms with Crippen LogP contribution in [0.3, 0.4) is 0 Å². The van der Waals surface area contributed by atoms with Crippen molar-refractivity contribution in [2.75, 3.05) is 39.0 Å². The minimum atomic E-state index is -3.08. The van der Waals surface area contributed by atoms with Gasteiger partial charge in [0.2, 0.25) is 10.0 Å². The quantitative estimate of drug-likeness (QED) is 0.882. The fourth-order valence-corrected chi connectivity index (χ4v) is 3.55. The van der Waals surface area contributed by atoms with Crippen LogP contribution >= 0.6 is 0 Å². The van der Waals surface area contributed by atoms with Gasteiger partial charge < -0.3 is 5.73 Å². The van der Waals surface area contributed by atoms with E-state index in [9.17, 15) is 8.42 Å². The van der Waals surface area contributed by atoms with E-state index in [1.165, 1.54) is 21.7 Å². The van der Waals surface area contributed by atoms with Crippen LogP contribution in [0.4, 0.5) is 0 Å². The van der Waals surface area contributed by atoms with Crippen molar-refractivity contribution in [1.82, 2.24) is 9.21 Å². The molecule has 2 N–H and O–H groups in total. The lowest BCUT2D eigenvalue weighted by atomic mass is 10.0. The summed E-state index contributed by atoms with van der Waals surface area (Å²) in [4.78, 5) is 2.27. The zero-order valence-corrected chi connectivity index (χ0v) is 12.9. The van der Waals surface area contributed by atoms with Gasteiger partial charge >= 0.3 is 0 Å². The third-order valence-corrected chi connectivity index (χ3v) is 5.14. The number of hydrogen-bond acceptors (Lipinski definition) is 4. The first-order valence-electron chi connectivity index (χ1n) is 6.87. The van der Waals surface area contributed by atoms with E-state index in [0.29, 0.717) is 19.6 Å². The Morgan fingerprint density at radius 3 is 2.40 bits per heavy atom. The van der Waals surface area contributed by atoms with E-state index in [1.807, 2.05) is 6.07 Å². The summed E-state index contributed by atoms with van der Waals surface area (Å²) in [6.45, 7) is 5.15. The highest BCUT2D eigenvalue weighted by molar-refractivity contribution is 7.88. The number of nitrogens with two attached hydrogens (primary N) is 1. The van der Waals surface area contributed by atoms with E-state index in [-0.39, 0.29) is 6.04 Å². The molecule has 1 aliphatic heterocycles. The predicted molar refractivity (Wildman–Crippen MR) is 81.0 cm³/mol. The van der Waals surface area contributed by atoms with Gasteiger partial charge in [0.15, 0.2) is 0 Å². The van der Waals surface area contributed by atoms with Crippen molar-refractivity contribution >= 4 is 10.0 Å². The Hall–Kier alpha value is -0.950. The van der Waals surface area contributed by atoms with Gasteiger partial charge in [-0.15, -0.1) is 0 Å². The van der Waals surface area contributed by atoms with E-state index < -0.39 is 10.0 Å². The molecule has 6 heteroatoms. The van der Waals surface area contributed by atoms with E-state index >= 15 is 0 Å². The number of sulfonamides is 1. The third-order valence-electron chi connectivity index (χ3n) is 3.83. The van der Waals surface area contributed by atoms with Crippen molar-refractivity contribution in [2.45, 2.75) is 13.0 Å². The maximum absolute atomic E-state index is 11.5. The van der Waals surface area contributed by atoms with Crippen molar-refractivity contribution in [3.8, 4) is 0 Å². The Morgan fingerprint density at radius 1 is 1.25 bits per heavy atom. The molecule has 0 saturated carbocycles. The summed E-state index contributed by atoms with van der Waals surface area (Å²) in [5.74, 6) is 0. The summed E-state index contributed by atoms with van der Waals surface area (Å²) >= 11 is 0. The van der Waals surface area contributed by atoms with Gasteiger partial charge in [-0.25, -0.2) is 8.42 Å². The molecule has 5 nitrogen and oxygen atoms in total. The zero-order chi connectivity index (χ0) is 14.8. The Kier molecular flexibility index (Phi) is 4.80. The molecule has 0 spiro atoms. The van der Waals surface area contributed by atoms with Gasteiger partial charge in [-0.3, -0.25) is 4.90 Å². The van der Waals surface area contributed by atoms with Crippen LogP contribution in [0.2, 0.25) is 0 Å². The molecular formula is C14H23N3O2S. The highest BCUT2D eigenvalue weighted by Gasteiger charge is 2.27. The lowest BCUT2D eigenvalue weighted by molar-refractivity contribution is 0.140. The SMILES string of the molecule is Cc1cccc(C(CN)N2CCN(S(C)(=O)=O)CC2)c1. The summed E-state index contributed by atoms with van der Waals surface area (Å²) in [5.41, 5.74) is 8.36. The Bertz CT molecular complexity index is 551. The first-order valence-corrected chi connectivity index (χ1v) is 8.72. The molecule has 112 valence electrons. The van der Waals surface area contributed by atoms with Crippen LogP contribution in [-0.4, -0.2) is 56.6 Å². The first kappa shape index (κ1) is 15.4. The number of aryl methyl sites for hydroxylation is 1. The molecule has 1 aromatic rings. The van der Waals surface area contributed by atoms with Gasteiger partial charge in [-0.05, 0) is 12.5 Å². The van der Waals surface area contributed by atoms with Gasteiger partial charge in [0.25, 0.3) is 0 Å². The van der Waals surface area contributed by atoms with Crippen molar-refractivity contribution in [1.29, 1.82) is 0 Å². The van der Waals surface area contributed by atoms with Crippen molar-refractivity contribution < 1.29 is 8.42 Å². The Balaban J connectivity index is 2.08. The van der Waals surface area contributed by atoms with Crippen molar-refractivity contribution in [2.24, 2.45) is 5.73 Å². The van der Waals surface area contributed by atoms with Gasteiger partial charge in [-0.1, -0.05) is 29.8 Å². The maximum Gasteiger partial charge on any atom is 0.211 e. The Labute approximate surface area is 121 Å². The predicted octanol–water partition coefficient (Wildman–Crippen LogP) is 0.572. The lowest BCUT2D eigenvalue weighted by Gasteiger charge is -2.38. The monoisotopic (exact) mass is 297 g/mol. The van der Waals surface area contributed by atoms with Crippen molar-refractivity contribution in [3.05, 3.63) is 35.4 Å². The molecule has 0 aliphatic carbocycles. The largest absolute Gasteiger partial charge is 0.329 e. The molecule has 1 unspecified atom stereocenters. The smallest absolute Gasteiger partial charge is 0.211 e. The third kappa shape index (κ3) is 3.58. The molecular weight excluding hydrogens is 274 g/mol. The molecule has 0 bridgehead atoms. The summed E-state index contributed by atoms with van der Waals surface area (Å²) in [5, 5.41) is 0. The second-order valence-electron chi connectivity index (χ2n) is 5.36. The minimum Gasteiger partial charge on any atom is -0.329 e. The van der Waals surface area contributed by atoms with Crippen LogP contribution in [-0.2, 0) is 10.0 Å². The molecule has 1 atom stereocenters. The zero-order valence-electron chi connectivity index (χ0n) is 12.1. The van der Waals surface area contributed by atoms with Gasteiger partial charge in [-0.2, -0.15) is 4.31 Å². The first-order chi connectivity index (χ1) is 9.41. The number of nitrogens with zero attached hydrogens (tertiary/aromatic N) is 2. The fraction of sp³-hybridized carbons (Fsp3) is 0.571. The molecule has 1 saturated heterocycles. The topological polar surface area (TPSA) is 66.6 Å². The molecule has 20 heavy (non-hydrogen) atoms. The van der Waals surface area contributed by atoms with E-state index in [0.717, 1.165) is 13.1 Å². The van der Waals surface area contributed by atoms with Gasteiger partial charge in [0.1, 0.15) is 0 Å². The van der Waals surface area contributed by atoms with Crippen molar-refractivity contribution in [3.63, 3.8) is 0 Å². The molecule has 1 heterocycles. The molecule has 0 radical (unpaired) electrons. The van der Waals surface area contributed by atoms with Gasteiger partial charge in [0.05, 0.1) is 6.26 Å². The maximum atomic E-state index is 11.5. The molecule has 0 aromatic heterocycles. The minimum absolute atomic E-state index is 0.164. The van der Waals surface area contributed by atoms with Crippen LogP contribution in [0.25, 0.3) is 0 Å². The van der Waals surface area contributed by atoms with Crippen LogP contribution in [0.15, 0.2) is 24.3 Å². The molecule has 2 rings (SSSR count). The normalized spacial score (nSPS) is 19.9. The van der Waals surface area contributed by atoms with E-state index in [4.69, 9.17) is 5.73 Å². The van der Waals surface area contributed by atoms with Crippen LogP contribution in [0.5, 0.6) is 0 Å². The standard InChI is InChI=1S/C14H23N3O2S/c1-12-4-3-5-13(10-12)14(11-15)16-6-8-17(9-7-16)20(2,18)19/h3-5,10,14H,6-9,11,15H2,1-2H3. The molecule has 1 aromatic carbocycles. The average Bonchev–Trinajstić information content (AvgIpc) is 2.39. The molecule has 1 fully saturated rings. The second-order valence-corrected chi connectivity index (χ2v) is 7.35. The Morgan fingerprint density at radius 2 is 1.90 bits per heavy atom. The summed E-state index contributed by atoms with van der Waals surface area (Å²) in [6.07, 6.45) is 1.27. The van der Waals surface area contributed by atoms with E-state index in [1.54, 1.807) is 0 Å². The number of benzene rings is 1. The fourth-order valence-electron chi connectivity index (χ4n) is 2.72. The van der Waals surface area contributed by atoms with Crippen LogP contribution < -0.4 is 5.73 Å². The van der Waals surface area contributed by atoms with Crippen LogP contribution in [0.1, 0.15) is 17.2 Å². The molecule has 0 amide bonds. The summed E-state index contributed by atoms with van der Waals surface area (Å²) in [7, 11) is -3.08. The van der Waals surface area contributed by atoms with Gasteiger partial charge in [0, 0.05) is 38.8 Å². The van der Waals surface area contributed by atoms with Crippen LogP contribution in [0, 0.1) is 6.92 Å². The second kappa shape index (κ2) is 6.22.